The molecule has 0 aliphatic carbocycles. The van der Waals surface area contributed by atoms with Gasteiger partial charge in [-0.15, -0.1) is 0 Å². The van der Waals surface area contributed by atoms with Crippen LogP contribution in [0.1, 0.15) is 30.0 Å². The SMILES string of the molecule is N#CCCOP(=O)(OC(O)[C@@H]1O[C@H](n2ccc(=O)[nH]c2=O)C(OC(=O)OCc2ccccc2)C1OC(=O)OCc1ccccc1)OC1(O)C(OCOCC(C(F)(F)F)C(F)(F)F)[C@@H](n2ccc(=O)[nH]c2=O)O[C@H]1CO. The number of ether oxygens (including phenoxy) is 8. The maximum atomic E-state index is 14.9. The van der Waals surface area contributed by atoms with E-state index in [2.05, 4.69) is 4.74 Å². The van der Waals surface area contributed by atoms with Crippen LogP contribution in [0.5, 0.6) is 0 Å². The third kappa shape index (κ3) is 14.8. The molecule has 0 spiro atoms. The van der Waals surface area contributed by atoms with Gasteiger partial charge in [-0.2, -0.15) is 31.6 Å². The van der Waals surface area contributed by atoms with Crippen molar-refractivity contribution in [3.63, 3.8) is 0 Å². The molecule has 408 valence electrons. The van der Waals surface area contributed by atoms with E-state index in [1.165, 1.54) is 12.1 Å². The first kappa shape index (κ1) is 57.5. The van der Waals surface area contributed by atoms with Crippen LogP contribution in [0.15, 0.2) is 104 Å². The van der Waals surface area contributed by atoms with E-state index < -0.39 is 162 Å². The summed E-state index contributed by atoms with van der Waals surface area (Å²) in [4.78, 5) is 80.6. The van der Waals surface area contributed by atoms with Crippen molar-refractivity contribution in [2.45, 2.75) is 87.0 Å². The van der Waals surface area contributed by atoms with Gasteiger partial charge in [0.25, 0.3) is 11.1 Å². The lowest BCUT2D eigenvalue weighted by Crippen LogP contribution is -2.53. The van der Waals surface area contributed by atoms with Crippen molar-refractivity contribution in [2.75, 3.05) is 26.6 Å². The zero-order valence-corrected chi connectivity index (χ0v) is 38.9. The highest BCUT2D eigenvalue weighted by atomic mass is 31.2. The molecule has 0 amide bonds. The molecule has 33 heteroatoms. The number of halogens is 6. The molecule has 2 aromatic carbocycles. The Hall–Kier alpha value is -6.76. The quantitative estimate of drug-likeness (QED) is 0.0248. The van der Waals surface area contributed by atoms with Crippen LogP contribution in [0, 0.1) is 17.2 Å². The Labute approximate surface area is 414 Å². The van der Waals surface area contributed by atoms with Crippen molar-refractivity contribution in [1.29, 1.82) is 5.26 Å². The predicted molar refractivity (Wildman–Crippen MR) is 229 cm³/mol. The molecule has 5 N–H and O–H groups in total. The Morgan fingerprint density at radius 2 is 1.32 bits per heavy atom. The van der Waals surface area contributed by atoms with E-state index in [0.29, 0.717) is 32.5 Å². The Balaban J connectivity index is 1.37. The Bertz CT molecular complexity index is 2890. The summed E-state index contributed by atoms with van der Waals surface area (Å²) in [7, 11) is -6.02. The van der Waals surface area contributed by atoms with E-state index in [4.69, 9.17) is 46.7 Å². The van der Waals surface area contributed by atoms with Gasteiger partial charge in [-0.25, -0.2) is 28.3 Å². The highest BCUT2D eigenvalue weighted by Crippen LogP contribution is 2.58. The fourth-order valence-electron chi connectivity index (χ4n) is 7.09. The molecule has 2 aromatic heterocycles. The number of hydrogen-bond acceptors (Lipinski definition) is 22. The number of aliphatic hydroxyl groups excluding tert-OH is 2. The number of carbonyl (C=O) groups excluding carboxylic acids is 2. The smallest absolute Gasteiger partial charge is 0.429 e. The number of alkyl halides is 6. The molecule has 0 radical (unpaired) electrons. The van der Waals surface area contributed by atoms with Crippen LogP contribution in [-0.4, -0.2) is 128 Å². The number of aromatic amines is 2. The first-order chi connectivity index (χ1) is 35.5. The van der Waals surface area contributed by atoms with Crippen LogP contribution in [0.3, 0.4) is 0 Å². The first-order valence-electron chi connectivity index (χ1n) is 21.5. The van der Waals surface area contributed by atoms with Gasteiger partial charge in [-0.05, 0) is 11.1 Å². The van der Waals surface area contributed by atoms with Crippen LogP contribution < -0.4 is 22.5 Å². The average Bonchev–Trinajstić information content (AvgIpc) is 3.82. The zero-order valence-electron chi connectivity index (χ0n) is 38.0. The minimum atomic E-state index is -6.02. The number of rotatable bonds is 22. The van der Waals surface area contributed by atoms with Gasteiger partial charge in [0, 0.05) is 24.5 Å². The Morgan fingerprint density at radius 1 is 0.800 bits per heavy atom. The minimum Gasteiger partial charge on any atom is -0.429 e. The normalized spacial score (nSPS) is 24.0. The van der Waals surface area contributed by atoms with Crippen LogP contribution >= 0.6 is 7.82 Å². The van der Waals surface area contributed by atoms with Crippen LogP contribution in [0.4, 0.5) is 35.9 Å². The van der Waals surface area contributed by atoms with Crippen LogP contribution in [0.2, 0.25) is 0 Å². The van der Waals surface area contributed by atoms with Crippen molar-refractivity contribution in [2.24, 2.45) is 5.92 Å². The fraction of sp³-hybridized carbons (Fsp3) is 0.452. The van der Waals surface area contributed by atoms with Gasteiger partial charge >= 0.3 is 43.9 Å². The first-order valence-corrected chi connectivity index (χ1v) is 23.0. The van der Waals surface area contributed by atoms with Gasteiger partial charge in [-0.3, -0.25) is 37.7 Å². The molecule has 0 saturated carbocycles. The van der Waals surface area contributed by atoms with E-state index >= 15 is 0 Å². The van der Waals surface area contributed by atoms with Crippen molar-refractivity contribution in [3.05, 3.63) is 138 Å². The minimum absolute atomic E-state index is 0.399. The molecule has 6 unspecified atom stereocenters. The van der Waals surface area contributed by atoms with Crippen LogP contribution in [0.25, 0.3) is 0 Å². The molecule has 4 heterocycles. The summed E-state index contributed by atoms with van der Waals surface area (Å²) >= 11 is 0. The molecule has 75 heavy (non-hydrogen) atoms. The van der Waals surface area contributed by atoms with Crippen molar-refractivity contribution >= 4 is 20.1 Å². The molecular weight excluding hydrogens is 1060 g/mol. The summed E-state index contributed by atoms with van der Waals surface area (Å²) in [5.41, 5.74) is -3.81. The Kier molecular flexibility index (Phi) is 19.0. The lowest BCUT2D eigenvalue weighted by Gasteiger charge is -2.35. The number of nitrogens with zero attached hydrogens (tertiary/aromatic N) is 3. The van der Waals surface area contributed by atoms with Crippen LogP contribution in [-0.2, 0) is 69.2 Å². The van der Waals surface area contributed by atoms with Crippen molar-refractivity contribution in [1.82, 2.24) is 19.1 Å². The van der Waals surface area contributed by atoms with Crippen molar-refractivity contribution < 1.29 is 107 Å². The van der Waals surface area contributed by atoms with E-state index in [1.54, 1.807) is 59.6 Å². The zero-order chi connectivity index (χ0) is 54.7. The fourth-order valence-corrected chi connectivity index (χ4v) is 8.53. The number of carbonyl (C=O) groups is 2. The molecule has 10 atom stereocenters. The molecule has 0 bridgehead atoms. The summed E-state index contributed by atoms with van der Waals surface area (Å²) < 4.78 is 154. The van der Waals surface area contributed by atoms with E-state index in [-0.39, 0.29) is 0 Å². The molecule has 2 saturated heterocycles. The monoisotopic (exact) mass is 1100 g/mol. The van der Waals surface area contributed by atoms with E-state index in [1.807, 2.05) is 4.98 Å². The summed E-state index contributed by atoms with van der Waals surface area (Å²) in [6.45, 7) is -7.22. The second-order valence-corrected chi connectivity index (χ2v) is 17.2. The second-order valence-electron chi connectivity index (χ2n) is 15.7. The van der Waals surface area contributed by atoms with Gasteiger partial charge in [0.1, 0.15) is 26.1 Å². The van der Waals surface area contributed by atoms with Gasteiger partial charge in [0.15, 0.2) is 49.1 Å². The summed E-state index contributed by atoms with van der Waals surface area (Å²) in [6, 6.07) is 18.9. The maximum Gasteiger partial charge on any atom is 0.509 e. The number of hydrogen-bond donors (Lipinski definition) is 5. The third-order valence-corrected chi connectivity index (χ3v) is 12.1. The number of phosphoric acid groups is 1. The summed E-state index contributed by atoms with van der Waals surface area (Å²) in [5.74, 6) is -7.78. The predicted octanol–water partition coefficient (Wildman–Crippen LogP) is 2.50. The number of benzene rings is 2. The number of phosphoric ester groups is 1. The molecular formula is C42H42F6N5O21P. The van der Waals surface area contributed by atoms with E-state index in [9.17, 15) is 80.3 Å². The standard InChI is InChI=1S/C42H42F6N5O21P/c43-41(44,45)25(42(46,47)48)21-64-22-67-32-34(53-16-13-28(56)51-37(53)59)69-26(18-54)40(32,62)74-75(63,68-17-7-14-49)73-35(57)31-29(71-38(60)65-19-23-8-3-1-4-9-23)30(33(70-31)52-15-12-27(55)50-36(52)58)72-39(61)66-20-24-10-5-2-6-11-24/h1-6,8-13,15-16,25-26,29-35,54,57,62H,7,17-22H2,(H,50,55,58)(H,51,56,59)/t26-,29?,30?,31+,32?,33-,34-,35?,40?,75?/m0/s1. The molecule has 2 aliphatic rings. The van der Waals surface area contributed by atoms with Gasteiger partial charge < -0.3 is 53.2 Å². The number of aromatic nitrogens is 4. The van der Waals surface area contributed by atoms with Gasteiger partial charge in [-0.1, -0.05) is 60.7 Å². The topological polar surface area (TPSA) is 347 Å². The molecule has 2 aliphatic heterocycles. The second kappa shape index (κ2) is 24.7. The van der Waals surface area contributed by atoms with Crippen molar-refractivity contribution in [3.8, 4) is 6.07 Å². The Morgan fingerprint density at radius 3 is 1.81 bits per heavy atom. The number of H-pyrrole nitrogens is 2. The summed E-state index contributed by atoms with van der Waals surface area (Å²) in [6.07, 6.45) is -33.3. The largest absolute Gasteiger partial charge is 0.509 e. The average molecular weight is 1100 g/mol. The van der Waals surface area contributed by atoms with E-state index in [0.717, 1.165) is 12.3 Å². The molecule has 6 rings (SSSR count). The molecule has 4 aromatic rings. The lowest BCUT2D eigenvalue weighted by molar-refractivity contribution is -0.304. The molecule has 2 fully saturated rings. The third-order valence-electron chi connectivity index (χ3n) is 10.6. The van der Waals surface area contributed by atoms with Gasteiger partial charge in [0.2, 0.25) is 5.79 Å². The number of aliphatic hydroxyl groups is 3. The molecule has 26 nitrogen and oxygen atoms in total. The lowest BCUT2D eigenvalue weighted by atomic mass is 10.1. The highest BCUT2D eigenvalue weighted by molar-refractivity contribution is 7.48. The highest BCUT2D eigenvalue weighted by Gasteiger charge is 2.64. The number of nitriles is 1. The number of nitrogens with one attached hydrogen (secondary N) is 2. The summed E-state index contributed by atoms with van der Waals surface area (Å²) in [5, 5.41) is 43.7. The maximum absolute atomic E-state index is 14.9. The van der Waals surface area contributed by atoms with Gasteiger partial charge in [0.05, 0.1) is 32.3 Å².